The highest BCUT2D eigenvalue weighted by molar-refractivity contribution is 9.10. The van der Waals surface area contributed by atoms with Crippen LogP contribution in [0.1, 0.15) is 10.4 Å². The Morgan fingerprint density at radius 2 is 1.84 bits per heavy atom. The summed E-state index contributed by atoms with van der Waals surface area (Å²) in [5.41, 5.74) is 0.115. The van der Waals surface area contributed by atoms with Crippen LogP contribution >= 0.6 is 15.9 Å². The maximum Gasteiger partial charge on any atom is 0.255 e. The van der Waals surface area contributed by atoms with Crippen LogP contribution in [0.4, 0.5) is 14.5 Å². The average Bonchev–Trinajstić information content (AvgIpc) is 2.36. The van der Waals surface area contributed by atoms with Crippen molar-refractivity contribution in [1.29, 1.82) is 0 Å². The van der Waals surface area contributed by atoms with E-state index in [1.165, 1.54) is 24.3 Å². The zero-order chi connectivity index (χ0) is 14.0. The van der Waals surface area contributed by atoms with E-state index in [0.29, 0.717) is 0 Å². The molecule has 98 valence electrons. The van der Waals surface area contributed by atoms with Gasteiger partial charge in [0.1, 0.15) is 17.4 Å². The van der Waals surface area contributed by atoms with Crippen molar-refractivity contribution in [2.75, 3.05) is 5.32 Å². The molecule has 0 unspecified atom stereocenters. The van der Waals surface area contributed by atoms with Crippen molar-refractivity contribution >= 4 is 27.5 Å². The number of amides is 1. The van der Waals surface area contributed by atoms with Crippen molar-refractivity contribution < 1.29 is 18.7 Å². The van der Waals surface area contributed by atoms with E-state index in [0.717, 1.165) is 12.1 Å². The third-order valence-electron chi connectivity index (χ3n) is 2.38. The minimum absolute atomic E-state index is 0.0664. The van der Waals surface area contributed by atoms with Crippen LogP contribution < -0.4 is 5.32 Å². The second-order valence-corrected chi connectivity index (χ2v) is 4.60. The second kappa shape index (κ2) is 5.36. The van der Waals surface area contributed by atoms with Crippen LogP contribution in [0.3, 0.4) is 0 Å². The Labute approximate surface area is 116 Å². The Bertz CT molecular complexity index is 647. The van der Waals surface area contributed by atoms with E-state index in [1.807, 2.05) is 0 Å². The first-order chi connectivity index (χ1) is 8.97. The zero-order valence-corrected chi connectivity index (χ0v) is 11.0. The van der Waals surface area contributed by atoms with Crippen molar-refractivity contribution in [1.82, 2.24) is 0 Å². The number of benzene rings is 2. The molecule has 1 amide bonds. The molecule has 0 bridgehead atoms. The number of hydrogen-bond acceptors (Lipinski definition) is 2. The standard InChI is InChI=1S/C13H8BrF2NO2/c14-9-5-7(1-3-10(9)15)13(19)17-12-4-2-8(18)6-11(12)16/h1-6,18H,(H,17,19). The summed E-state index contributed by atoms with van der Waals surface area (Å²) < 4.78 is 26.6. The molecule has 2 aromatic carbocycles. The molecule has 0 aliphatic carbocycles. The smallest absolute Gasteiger partial charge is 0.255 e. The van der Waals surface area contributed by atoms with Crippen LogP contribution in [-0.2, 0) is 0 Å². The maximum absolute atomic E-state index is 13.4. The lowest BCUT2D eigenvalue weighted by Crippen LogP contribution is -2.13. The van der Waals surface area contributed by atoms with E-state index in [4.69, 9.17) is 5.11 Å². The van der Waals surface area contributed by atoms with E-state index in [2.05, 4.69) is 21.2 Å². The van der Waals surface area contributed by atoms with Crippen molar-refractivity contribution in [3.05, 3.63) is 58.1 Å². The van der Waals surface area contributed by atoms with E-state index >= 15 is 0 Å². The Hall–Kier alpha value is -1.95. The number of phenolic OH excluding ortho intramolecular Hbond substituents is 1. The lowest BCUT2D eigenvalue weighted by molar-refractivity contribution is 0.102. The lowest BCUT2D eigenvalue weighted by atomic mass is 10.2. The van der Waals surface area contributed by atoms with Gasteiger partial charge in [-0.2, -0.15) is 0 Å². The molecule has 6 heteroatoms. The fourth-order valence-corrected chi connectivity index (χ4v) is 1.82. The van der Waals surface area contributed by atoms with E-state index in [-0.39, 0.29) is 21.5 Å². The topological polar surface area (TPSA) is 49.3 Å². The van der Waals surface area contributed by atoms with E-state index in [1.54, 1.807) is 0 Å². The molecule has 2 aromatic rings. The summed E-state index contributed by atoms with van der Waals surface area (Å²) in [7, 11) is 0. The summed E-state index contributed by atoms with van der Waals surface area (Å²) >= 11 is 2.96. The zero-order valence-electron chi connectivity index (χ0n) is 9.45. The van der Waals surface area contributed by atoms with Gasteiger partial charge in [-0.15, -0.1) is 0 Å². The van der Waals surface area contributed by atoms with Crippen molar-refractivity contribution in [2.24, 2.45) is 0 Å². The molecular weight excluding hydrogens is 320 g/mol. The summed E-state index contributed by atoms with van der Waals surface area (Å²) in [6.45, 7) is 0. The van der Waals surface area contributed by atoms with E-state index in [9.17, 15) is 13.6 Å². The van der Waals surface area contributed by atoms with Gasteiger partial charge in [-0.05, 0) is 46.3 Å². The summed E-state index contributed by atoms with van der Waals surface area (Å²) in [6, 6.07) is 7.08. The molecule has 0 spiro atoms. The highest BCUT2D eigenvalue weighted by Crippen LogP contribution is 2.21. The highest BCUT2D eigenvalue weighted by Gasteiger charge is 2.11. The van der Waals surface area contributed by atoms with Crippen LogP contribution in [0, 0.1) is 11.6 Å². The predicted octanol–water partition coefficient (Wildman–Crippen LogP) is 3.69. The molecule has 0 aliphatic heterocycles. The Morgan fingerprint density at radius 1 is 1.11 bits per heavy atom. The predicted molar refractivity (Wildman–Crippen MR) is 70.1 cm³/mol. The summed E-state index contributed by atoms with van der Waals surface area (Å²) in [5, 5.41) is 11.4. The number of carbonyl (C=O) groups excluding carboxylic acids is 1. The number of nitrogens with one attached hydrogen (secondary N) is 1. The molecule has 3 nitrogen and oxygen atoms in total. The largest absolute Gasteiger partial charge is 0.508 e. The third kappa shape index (κ3) is 3.08. The van der Waals surface area contributed by atoms with Gasteiger partial charge < -0.3 is 10.4 Å². The Morgan fingerprint density at radius 3 is 2.47 bits per heavy atom. The highest BCUT2D eigenvalue weighted by atomic mass is 79.9. The molecule has 2 rings (SSSR count). The number of hydrogen-bond donors (Lipinski definition) is 2. The van der Waals surface area contributed by atoms with Crippen molar-refractivity contribution in [3.8, 4) is 5.75 Å². The molecule has 2 N–H and O–H groups in total. The van der Waals surface area contributed by atoms with Gasteiger partial charge in [0.05, 0.1) is 10.2 Å². The molecular formula is C13H8BrF2NO2. The molecule has 0 saturated carbocycles. The first-order valence-electron chi connectivity index (χ1n) is 5.22. The van der Waals surface area contributed by atoms with Gasteiger partial charge in [-0.3, -0.25) is 4.79 Å². The SMILES string of the molecule is O=C(Nc1ccc(O)cc1F)c1ccc(F)c(Br)c1. The van der Waals surface area contributed by atoms with Gasteiger partial charge in [-0.1, -0.05) is 0 Å². The van der Waals surface area contributed by atoms with E-state index < -0.39 is 17.5 Å². The lowest BCUT2D eigenvalue weighted by Gasteiger charge is -2.07. The summed E-state index contributed by atoms with van der Waals surface area (Å²) in [5.74, 6) is -2.06. The minimum atomic E-state index is -0.755. The summed E-state index contributed by atoms with van der Waals surface area (Å²) in [4.78, 5) is 11.8. The van der Waals surface area contributed by atoms with Gasteiger partial charge in [0.15, 0.2) is 0 Å². The molecule has 0 aliphatic rings. The number of halogens is 3. The summed E-state index contributed by atoms with van der Waals surface area (Å²) in [6.07, 6.45) is 0. The Kier molecular flexibility index (Phi) is 3.80. The van der Waals surface area contributed by atoms with Crippen LogP contribution in [0.25, 0.3) is 0 Å². The van der Waals surface area contributed by atoms with Crippen LogP contribution in [-0.4, -0.2) is 11.0 Å². The molecule has 0 atom stereocenters. The third-order valence-corrected chi connectivity index (χ3v) is 2.99. The number of rotatable bonds is 2. The van der Waals surface area contributed by atoms with Crippen molar-refractivity contribution in [2.45, 2.75) is 0 Å². The van der Waals surface area contributed by atoms with Crippen molar-refractivity contribution in [3.63, 3.8) is 0 Å². The fraction of sp³-hybridized carbons (Fsp3) is 0. The minimum Gasteiger partial charge on any atom is -0.508 e. The maximum atomic E-state index is 13.4. The van der Waals surface area contributed by atoms with Gasteiger partial charge in [0.25, 0.3) is 5.91 Å². The number of aromatic hydroxyl groups is 1. The number of carbonyl (C=O) groups is 1. The average molecular weight is 328 g/mol. The normalized spacial score (nSPS) is 10.3. The van der Waals surface area contributed by atoms with Gasteiger partial charge in [-0.25, -0.2) is 8.78 Å². The number of phenols is 1. The van der Waals surface area contributed by atoms with Crippen LogP contribution in [0.5, 0.6) is 5.75 Å². The molecule has 0 fully saturated rings. The quantitative estimate of drug-likeness (QED) is 0.826. The van der Waals surface area contributed by atoms with Crippen LogP contribution in [0.15, 0.2) is 40.9 Å². The monoisotopic (exact) mass is 327 g/mol. The second-order valence-electron chi connectivity index (χ2n) is 3.75. The van der Waals surface area contributed by atoms with Gasteiger partial charge in [0.2, 0.25) is 0 Å². The Balaban J connectivity index is 2.23. The molecule has 0 saturated heterocycles. The fourth-order valence-electron chi connectivity index (χ4n) is 1.44. The van der Waals surface area contributed by atoms with Crippen LogP contribution in [0.2, 0.25) is 0 Å². The molecule has 0 aromatic heterocycles. The van der Waals surface area contributed by atoms with Gasteiger partial charge >= 0.3 is 0 Å². The first kappa shape index (κ1) is 13.5. The molecule has 0 radical (unpaired) electrons. The molecule has 19 heavy (non-hydrogen) atoms. The first-order valence-corrected chi connectivity index (χ1v) is 6.01. The molecule has 0 heterocycles. The number of anilines is 1. The van der Waals surface area contributed by atoms with Gasteiger partial charge in [0, 0.05) is 11.6 Å².